The molecule has 0 bridgehead atoms. The second kappa shape index (κ2) is 12.0. The number of benzene rings is 7. The van der Waals surface area contributed by atoms with Crippen LogP contribution in [0.4, 0.5) is 11.4 Å². The maximum atomic E-state index is 8.39. The van der Waals surface area contributed by atoms with Crippen molar-refractivity contribution in [2.45, 2.75) is 0 Å². The fraction of sp³-hybridized carbons (Fsp3) is 0. The zero-order valence-corrected chi connectivity index (χ0v) is 27.1. The molecule has 0 atom stereocenters. The van der Waals surface area contributed by atoms with Crippen LogP contribution >= 0.6 is 0 Å². The third-order valence-electron chi connectivity index (χ3n) is 9.37. The minimum absolute atomic E-state index is 0.473. The molecular formula is C44H29N3Si. The molecule has 8 aromatic rings. The van der Waals surface area contributed by atoms with Crippen LogP contribution in [0.2, 0.25) is 0 Å². The molecule has 1 aromatic heterocycles. The summed E-state index contributed by atoms with van der Waals surface area (Å²) in [5.41, 5.74) is 6.16. The lowest BCUT2D eigenvalue weighted by Crippen LogP contribution is -2.75. The third kappa shape index (κ3) is 4.55. The fourth-order valence-electron chi connectivity index (χ4n) is 7.37. The van der Waals surface area contributed by atoms with E-state index in [0.29, 0.717) is 11.4 Å². The first-order valence-corrected chi connectivity index (χ1v) is 17.9. The zero-order chi connectivity index (χ0) is 32.5. The molecule has 0 aliphatic rings. The molecule has 0 saturated carbocycles. The monoisotopic (exact) mass is 627 g/mol. The SMILES string of the molecule is [C-]#[N+]c1cc([N+]#[C-])c(-c2ccc(-n3c4ccccc4c4ccccc43)cc2)c([Si](c2ccccc2)(c2ccccc2)c2ccccc2)c1. The fourth-order valence-corrected chi connectivity index (χ4v) is 12.4. The molecule has 1 heterocycles. The number of rotatable bonds is 6. The molecule has 3 nitrogen and oxygen atoms in total. The summed E-state index contributed by atoms with van der Waals surface area (Å²) in [4.78, 5) is 7.99. The largest absolute Gasteiger partial charge is 0.309 e. The highest BCUT2D eigenvalue weighted by atomic mass is 28.3. The van der Waals surface area contributed by atoms with E-state index in [9.17, 15) is 0 Å². The van der Waals surface area contributed by atoms with Gasteiger partial charge in [0.15, 0.2) is 19.4 Å². The lowest BCUT2D eigenvalue weighted by molar-refractivity contribution is 1.18. The summed E-state index contributed by atoms with van der Waals surface area (Å²) in [7, 11) is -3.05. The molecule has 0 spiro atoms. The van der Waals surface area contributed by atoms with Gasteiger partial charge < -0.3 is 4.57 Å². The summed E-state index contributed by atoms with van der Waals surface area (Å²) < 4.78 is 2.31. The molecule has 0 N–H and O–H groups in total. The lowest BCUT2D eigenvalue weighted by Gasteiger charge is -2.36. The molecule has 0 radical (unpaired) electrons. The standard InChI is InChI=1S/C44H29N3Si/c1-45-33-30-40(46-2)44(32-26-28-34(29-27-32)47-41-24-14-12-22-38(41)39-23-13-15-25-42(39)47)43(31-33)48(35-16-6-3-7-17-35,36-18-8-4-9-19-36)37-20-10-5-11-21-37/h3-31H. The second-order valence-corrected chi connectivity index (χ2v) is 15.6. The van der Waals surface area contributed by atoms with E-state index in [1.807, 2.05) is 18.2 Å². The molecule has 0 aliphatic carbocycles. The highest BCUT2D eigenvalue weighted by molar-refractivity contribution is 7.20. The van der Waals surface area contributed by atoms with Crippen molar-refractivity contribution in [1.29, 1.82) is 0 Å². The molecule has 0 fully saturated rings. The Morgan fingerprint density at radius 3 is 1.38 bits per heavy atom. The van der Waals surface area contributed by atoms with Crippen LogP contribution in [-0.2, 0) is 0 Å². The van der Waals surface area contributed by atoms with Crippen LogP contribution in [0.5, 0.6) is 0 Å². The van der Waals surface area contributed by atoms with Gasteiger partial charge in [0.05, 0.1) is 24.2 Å². The molecule has 0 unspecified atom stereocenters. The minimum Gasteiger partial charge on any atom is -0.309 e. The Bertz CT molecular complexity index is 2350. The van der Waals surface area contributed by atoms with Crippen molar-refractivity contribution in [1.82, 2.24) is 4.57 Å². The van der Waals surface area contributed by atoms with E-state index in [0.717, 1.165) is 33.0 Å². The minimum atomic E-state index is -3.05. The zero-order valence-electron chi connectivity index (χ0n) is 26.1. The van der Waals surface area contributed by atoms with Crippen LogP contribution in [0.1, 0.15) is 0 Å². The summed E-state index contributed by atoms with van der Waals surface area (Å²) >= 11 is 0. The van der Waals surface area contributed by atoms with Gasteiger partial charge in [-0.05, 0) is 51.0 Å². The van der Waals surface area contributed by atoms with Gasteiger partial charge in [0.25, 0.3) is 0 Å². The van der Waals surface area contributed by atoms with E-state index in [1.54, 1.807) is 6.07 Å². The van der Waals surface area contributed by atoms with Crippen molar-refractivity contribution in [3.05, 3.63) is 199 Å². The number of fused-ring (bicyclic) bond motifs is 3. The maximum Gasteiger partial charge on any atom is 0.184 e. The average Bonchev–Trinajstić information content (AvgIpc) is 3.50. The molecule has 48 heavy (non-hydrogen) atoms. The molecule has 8 rings (SSSR count). The van der Waals surface area contributed by atoms with Crippen molar-refractivity contribution in [3.63, 3.8) is 0 Å². The van der Waals surface area contributed by atoms with Gasteiger partial charge in [-0.1, -0.05) is 157 Å². The van der Waals surface area contributed by atoms with Crippen molar-refractivity contribution in [2.75, 3.05) is 0 Å². The van der Waals surface area contributed by atoms with Crippen molar-refractivity contribution in [2.24, 2.45) is 0 Å². The Kier molecular flexibility index (Phi) is 7.27. The van der Waals surface area contributed by atoms with E-state index in [-0.39, 0.29) is 0 Å². The van der Waals surface area contributed by atoms with Crippen LogP contribution in [0.3, 0.4) is 0 Å². The molecule has 4 heteroatoms. The number of para-hydroxylation sites is 2. The van der Waals surface area contributed by atoms with E-state index in [4.69, 9.17) is 13.1 Å². The second-order valence-electron chi connectivity index (χ2n) is 11.9. The van der Waals surface area contributed by atoms with Crippen LogP contribution < -0.4 is 20.7 Å². The van der Waals surface area contributed by atoms with Gasteiger partial charge in [-0.2, -0.15) is 0 Å². The average molecular weight is 628 g/mol. The topological polar surface area (TPSA) is 13.7 Å². The summed E-state index contributed by atoms with van der Waals surface area (Å²) in [6, 6.07) is 61.4. The number of hydrogen-bond acceptors (Lipinski definition) is 0. The predicted octanol–water partition coefficient (Wildman–Crippen LogP) is 8.93. The van der Waals surface area contributed by atoms with Gasteiger partial charge >= 0.3 is 0 Å². The van der Waals surface area contributed by atoms with Gasteiger partial charge in [-0.3, -0.25) is 0 Å². The molecule has 7 aromatic carbocycles. The first kappa shape index (κ1) is 29.0. The predicted molar refractivity (Wildman–Crippen MR) is 202 cm³/mol. The summed E-state index contributed by atoms with van der Waals surface area (Å²) in [6.07, 6.45) is 0. The molecule has 224 valence electrons. The maximum absolute atomic E-state index is 8.39. The number of nitrogens with zero attached hydrogens (tertiary/aromatic N) is 3. The van der Waals surface area contributed by atoms with Crippen molar-refractivity contribution >= 4 is 62.0 Å². The first-order chi connectivity index (χ1) is 23.7. The molecule has 0 aliphatic heterocycles. The Morgan fingerprint density at radius 2 is 0.917 bits per heavy atom. The van der Waals surface area contributed by atoms with E-state index >= 15 is 0 Å². The smallest absolute Gasteiger partial charge is 0.184 e. The normalized spacial score (nSPS) is 11.3. The highest BCUT2D eigenvalue weighted by Gasteiger charge is 2.43. The van der Waals surface area contributed by atoms with E-state index < -0.39 is 8.07 Å². The summed E-state index contributed by atoms with van der Waals surface area (Å²) in [5.74, 6) is 0. The molecule has 0 amide bonds. The van der Waals surface area contributed by atoms with Crippen molar-refractivity contribution in [3.8, 4) is 16.8 Å². The van der Waals surface area contributed by atoms with Gasteiger partial charge in [0, 0.05) is 16.5 Å². The van der Waals surface area contributed by atoms with Crippen molar-refractivity contribution < 1.29 is 0 Å². The first-order valence-electron chi connectivity index (χ1n) is 15.9. The van der Waals surface area contributed by atoms with E-state index in [1.165, 1.54) is 26.3 Å². The van der Waals surface area contributed by atoms with Gasteiger partial charge in [-0.15, -0.1) is 0 Å². The van der Waals surface area contributed by atoms with Crippen LogP contribution in [0.25, 0.3) is 48.3 Å². The third-order valence-corrected chi connectivity index (χ3v) is 14.2. The van der Waals surface area contributed by atoms with Crippen LogP contribution in [0, 0.1) is 13.1 Å². The van der Waals surface area contributed by atoms with E-state index in [2.05, 4.69) is 166 Å². The Hall–Kier alpha value is -6.46. The lowest BCUT2D eigenvalue weighted by atomic mass is 10.0. The van der Waals surface area contributed by atoms with Crippen LogP contribution in [-0.4, -0.2) is 12.6 Å². The van der Waals surface area contributed by atoms with Gasteiger partial charge in [0.1, 0.15) is 0 Å². The Morgan fingerprint density at radius 1 is 0.458 bits per heavy atom. The van der Waals surface area contributed by atoms with Gasteiger partial charge in [-0.25, -0.2) is 9.69 Å². The Labute approximate surface area is 281 Å². The summed E-state index contributed by atoms with van der Waals surface area (Å²) in [6.45, 7) is 16.5. The van der Waals surface area contributed by atoms with Crippen LogP contribution in [0.15, 0.2) is 176 Å². The number of hydrogen-bond donors (Lipinski definition) is 0. The quantitative estimate of drug-likeness (QED) is 0.0993. The van der Waals surface area contributed by atoms with Gasteiger partial charge in [0.2, 0.25) is 0 Å². The summed E-state index contributed by atoms with van der Waals surface area (Å²) in [5, 5.41) is 7.06. The number of aromatic nitrogens is 1. The molecule has 0 saturated heterocycles. The Balaban J connectivity index is 1.44. The highest BCUT2D eigenvalue weighted by Crippen LogP contribution is 2.37. The molecular weight excluding hydrogens is 599 g/mol.